The smallest absolute Gasteiger partial charge is 0.165 e. The number of ether oxygens (including phenoxy) is 1. The van der Waals surface area contributed by atoms with Crippen LogP contribution in [0, 0.1) is 5.82 Å². The van der Waals surface area contributed by atoms with Crippen LogP contribution in [0.1, 0.15) is 32.3 Å². The van der Waals surface area contributed by atoms with Gasteiger partial charge in [-0.05, 0) is 37.5 Å². The average molecular weight is 208 g/mol. The molecule has 15 heavy (non-hydrogen) atoms. The lowest BCUT2D eigenvalue weighted by Crippen LogP contribution is -2.07. The van der Waals surface area contributed by atoms with Crippen LogP contribution in [0.3, 0.4) is 0 Å². The van der Waals surface area contributed by atoms with Gasteiger partial charge in [0.25, 0.3) is 0 Å². The van der Waals surface area contributed by atoms with E-state index >= 15 is 0 Å². The van der Waals surface area contributed by atoms with Crippen molar-refractivity contribution in [2.24, 2.45) is 0 Å². The van der Waals surface area contributed by atoms with Crippen molar-refractivity contribution >= 4 is 0 Å². The van der Waals surface area contributed by atoms with E-state index in [0.29, 0.717) is 5.75 Å². The van der Waals surface area contributed by atoms with Crippen LogP contribution < -0.4 is 4.74 Å². The predicted molar refractivity (Wildman–Crippen MR) is 60.8 cm³/mol. The quantitative estimate of drug-likeness (QED) is 0.682. The van der Waals surface area contributed by atoms with Gasteiger partial charge in [-0.2, -0.15) is 0 Å². The van der Waals surface area contributed by atoms with Crippen molar-refractivity contribution in [2.75, 3.05) is 0 Å². The summed E-state index contributed by atoms with van der Waals surface area (Å²) in [7, 11) is 0. The standard InChI is InChI=1S/C13H17FO/c1-5-10(4)11-6-7-13(12(14)8-11)15-9(2)3/h5-10H,1H2,2-4H3. The number of hydrogen-bond donors (Lipinski definition) is 0. The highest BCUT2D eigenvalue weighted by molar-refractivity contribution is 5.32. The van der Waals surface area contributed by atoms with Gasteiger partial charge < -0.3 is 4.74 Å². The van der Waals surface area contributed by atoms with Gasteiger partial charge in [-0.1, -0.05) is 19.1 Å². The van der Waals surface area contributed by atoms with Crippen molar-refractivity contribution in [2.45, 2.75) is 32.8 Å². The van der Waals surface area contributed by atoms with Crippen molar-refractivity contribution in [3.63, 3.8) is 0 Å². The van der Waals surface area contributed by atoms with Gasteiger partial charge in [0.2, 0.25) is 0 Å². The highest BCUT2D eigenvalue weighted by Gasteiger charge is 2.08. The highest BCUT2D eigenvalue weighted by Crippen LogP contribution is 2.24. The van der Waals surface area contributed by atoms with Gasteiger partial charge in [0.05, 0.1) is 6.10 Å². The summed E-state index contributed by atoms with van der Waals surface area (Å²) in [6, 6.07) is 5.04. The molecule has 0 saturated carbocycles. The van der Waals surface area contributed by atoms with Crippen LogP contribution in [-0.2, 0) is 0 Å². The monoisotopic (exact) mass is 208 g/mol. The minimum atomic E-state index is -0.310. The first kappa shape index (κ1) is 11.8. The highest BCUT2D eigenvalue weighted by atomic mass is 19.1. The second kappa shape index (κ2) is 4.96. The van der Waals surface area contributed by atoms with E-state index in [0.717, 1.165) is 5.56 Å². The van der Waals surface area contributed by atoms with E-state index in [4.69, 9.17) is 4.74 Å². The van der Waals surface area contributed by atoms with Crippen LogP contribution >= 0.6 is 0 Å². The molecule has 0 aliphatic carbocycles. The molecular weight excluding hydrogens is 191 g/mol. The summed E-state index contributed by atoms with van der Waals surface area (Å²) in [6.45, 7) is 9.41. The van der Waals surface area contributed by atoms with Crippen LogP contribution in [0.2, 0.25) is 0 Å². The molecule has 0 heterocycles. The number of halogens is 1. The third-order valence-electron chi connectivity index (χ3n) is 2.20. The summed E-state index contributed by atoms with van der Waals surface area (Å²) in [6.07, 6.45) is 1.78. The van der Waals surface area contributed by atoms with Gasteiger partial charge >= 0.3 is 0 Å². The van der Waals surface area contributed by atoms with Crippen LogP contribution in [0.5, 0.6) is 5.75 Å². The second-order valence-electron chi connectivity index (χ2n) is 3.88. The molecule has 1 atom stereocenters. The molecule has 2 heteroatoms. The van der Waals surface area contributed by atoms with Crippen LogP contribution in [0.4, 0.5) is 4.39 Å². The Balaban J connectivity index is 2.92. The van der Waals surface area contributed by atoms with Crippen molar-refractivity contribution in [3.8, 4) is 5.75 Å². The summed E-state index contributed by atoms with van der Waals surface area (Å²) in [4.78, 5) is 0. The van der Waals surface area contributed by atoms with E-state index in [-0.39, 0.29) is 17.8 Å². The van der Waals surface area contributed by atoms with Crippen molar-refractivity contribution in [1.82, 2.24) is 0 Å². The maximum absolute atomic E-state index is 13.5. The van der Waals surface area contributed by atoms with Crippen LogP contribution in [-0.4, -0.2) is 6.10 Å². The third-order valence-corrected chi connectivity index (χ3v) is 2.20. The molecule has 0 bridgehead atoms. The number of rotatable bonds is 4. The summed E-state index contributed by atoms with van der Waals surface area (Å²) in [5.41, 5.74) is 0.915. The van der Waals surface area contributed by atoms with Crippen LogP contribution in [0.15, 0.2) is 30.9 Å². The fourth-order valence-electron chi connectivity index (χ4n) is 1.29. The molecule has 0 saturated heterocycles. The van der Waals surface area contributed by atoms with E-state index in [1.807, 2.05) is 26.8 Å². The minimum Gasteiger partial charge on any atom is -0.488 e. The van der Waals surface area contributed by atoms with E-state index in [2.05, 4.69) is 6.58 Å². The molecule has 0 aliphatic heterocycles. The minimum absolute atomic E-state index is 0.0119. The van der Waals surface area contributed by atoms with Gasteiger partial charge in [-0.25, -0.2) is 4.39 Å². The first-order valence-electron chi connectivity index (χ1n) is 5.13. The molecule has 1 aromatic rings. The number of benzene rings is 1. The predicted octanol–water partition coefficient (Wildman–Crippen LogP) is 3.90. The fraction of sp³-hybridized carbons (Fsp3) is 0.385. The van der Waals surface area contributed by atoms with Gasteiger partial charge in [0.1, 0.15) is 0 Å². The Morgan fingerprint density at radius 1 is 1.33 bits per heavy atom. The molecule has 0 amide bonds. The Morgan fingerprint density at radius 2 is 2.00 bits per heavy atom. The Hall–Kier alpha value is -1.31. The molecule has 0 N–H and O–H groups in total. The van der Waals surface area contributed by atoms with Crippen molar-refractivity contribution in [1.29, 1.82) is 0 Å². The second-order valence-corrected chi connectivity index (χ2v) is 3.88. The first-order chi connectivity index (χ1) is 7.04. The lowest BCUT2D eigenvalue weighted by atomic mass is 10.0. The van der Waals surface area contributed by atoms with Gasteiger partial charge in [0, 0.05) is 0 Å². The topological polar surface area (TPSA) is 9.23 Å². The zero-order chi connectivity index (χ0) is 11.4. The van der Waals surface area contributed by atoms with E-state index < -0.39 is 0 Å². The van der Waals surface area contributed by atoms with Crippen molar-refractivity contribution in [3.05, 3.63) is 42.2 Å². The number of allylic oxidation sites excluding steroid dienone is 1. The first-order valence-corrected chi connectivity index (χ1v) is 5.13. The fourth-order valence-corrected chi connectivity index (χ4v) is 1.29. The molecule has 0 radical (unpaired) electrons. The molecular formula is C13H17FO. The van der Waals surface area contributed by atoms with Gasteiger partial charge in [-0.15, -0.1) is 6.58 Å². The maximum atomic E-state index is 13.5. The van der Waals surface area contributed by atoms with Crippen molar-refractivity contribution < 1.29 is 9.13 Å². The third kappa shape index (κ3) is 3.08. The van der Waals surface area contributed by atoms with Gasteiger partial charge in [-0.3, -0.25) is 0 Å². The largest absolute Gasteiger partial charge is 0.488 e. The van der Waals surface area contributed by atoms with E-state index in [1.54, 1.807) is 12.1 Å². The van der Waals surface area contributed by atoms with Gasteiger partial charge in [0.15, 0.2) is 11.6 Å². The number of hydrogen-bond acceptors (Lipinski definition) is 1. The Morgan fingerprint density at radius 3 is 2.47 bits per heavy atom. The molecule has 82 valence electrons. The Bertz CT molecular complexity index is 344. The van der Waals surface area contributed by atoms with Crippen LogP contribution in [0.25, 0.3) is 0 Å². The molecule has 0 spiro atoms. The van der Waals surface area contributed by atoms with E-state index in [9.17, 15) is 4.39 Å². The molecule has 0 aromatic heterocycles. The van der Waals surface area contributed by atoms with E-state index in [1.165, 1.54) is 6.07 Å². The molecule has 0 fully saturated rings. The Labute approximate surface area is 90.6 Å². The summed E-state index contributed by atoms with van der Waals surface area (Å²) in [5.74, 6) is 0.160. The maximum Gasteiger partial charge on any atom is 0.165 e. The summed E-state index contributed by atoms with van der Waals surface area (Å²) >= 11 is 0. The lowest BCUT2D eigenvalue weighted by molar-refractivity contribution is 0.231. The zero-order valence-corrected chi connectivity index (χ0v) is 9.46. The zero-order valence-electron chi connectivity index (χ0n) is 9.46. The average Bonchev–Trinajstić information content (AvgIpc) is 2.19. The summed E-state index contributed by atoms with van der Waals surface area (Å²) < 4.78 is 18.9. The normalized spacial score (nSPS) is 12.6. The molecule has 1 unspecified atom stereocenters. The molecule has 1 rings (SSSR count). The molecule has 1 aromatic carbocycles. The summed E-state index contributed by atoms with van der Waals surface area (Å²) in [5, 5.41) is 0. The molecule has 1 nitrogen and oxygen atoms in total. The SMILES string of the molecule is C=CC(C)c1ccc(OC(C)C)c(F)c1. The Kier molecular flexibility index (Phi) is 3.89. The lowest BCUT2D eigenvalue weighted by Gasteiger charge is -2.12. The molecule has 0 aliphatic rings.